The predicted molar refractivity (Wildman–Crippen MR) is 102 cm³/mol. The number of ether oxygens (including phenoxy) is 2. The lowest BCUT2D eigenvalue weighted by molar-refractivity contribution is 0.102. The molecule has 8 heteroatoms. The molecule has 150 valence electrons. The minimum absolute atomic E-state index is 0.0517. The van der Waals surface area contributed by atoms with Gasteiger partial charge < -0.3 is 14.8 Å². The Morgan fingerprint density at radius 2 is 2.03 bits per heavy atom. The molecule has 0 radical (unpaired) electrons. The summed E-state index contributed by atoms with van der Waals surface area (Å²) in [6.45, 7) is 2.93. The van der Waals surface area contributed by atoms with Crippen LogP contribution in [0.3, 0.4) is 0 Å². The topological polar surface area (TPSA) is 65.4 Å². The molecule has 0 bridgehead atoms. The van der Waals surface area contributed by atoms with E-state index in [1.165, 1.54) is 16.9 Å². The van der Waals surface area contributed by atoms with Gasteiger partial charge in [0, 0.05) is 18.2 Å². The van der Waals surface area contributed by atoms with E-state index < -0.39 is 11.6 Å². The van der Waals surface area contributed by atoms with Crippen LogP contribution in [-0.4, -0.2) is 35.0 Å². The van der Waals surface area contributed by atoms with Crippen LogP contribution in [0.5, 0.6) is 5.75 Å². The zero-order valence-corrected chi connectivity index (χ0v) is 15.7. The molecule has 1 fully saturated rings. The average Bonchev–Trinajstić information content (AvgIpc) is 3.33. The van der Waals surface area contributed by atoms with Gasteiger partial charge >= 0.3 is 0 Å². The Kier molecular flexibility index (Phi) is 5.26. The lowest BCUT2D eigenvalue weighted by Crippen LogP contribution is -2.16. The first kappa shape index (κ1) is 19.1. The van der Waals surface area contributed by atoms with Crippen molar-refractivity contribution in [3.05, 3.63) is 71.6 Å². The fraction of sp³-hybridized carbons (Fsp3) is 0.238. The van der Waals surface area contributed by atoms with Crippen LogP contribution in [0.1, 0.15) is 22.5 Å². The van der Waals surface area contributed by atoms with Crippen molar-refractivity contribution in [1.29, 1.82) is 0 Å². The molecule has 1 saturated heterocycles. The van der Waals surface area contributed by atoms with Gasteiger partial charge in [0.25, 0.3) is 5.91 Å². The summed E-state index contributed by atoms with van der Waals surface area (Å²) < 4.78 is 39.5. The van der Waals surface area contributed by atoms with Gasteiger partial charge in [-0.1, -0.05) is 0 Å². The summed E-state index contributed by atoms with van der Waals surface area (Å²) in [5.74, 6) is -1.11. The van der Waals surface area contributed by atoms with Crippen LogP contribution >= 0.6 is 0 Å². The monoisotopic (exact) mass is 399 g/mol. The fourth-order valence-electron chi connectivity index (χ4n) is 3.14. The van der Waals surface area contributed by atoms with Crippen molar-refractivity contribution >= 4 is 11.6 Å². The van der Waals surface area contributed by atoms with Crippen molar-refractivity contribution in [2.24, 2.45) is 0 Å². The molecule has 4 rings (SSSR count). The minimum atomic E-state index is -0.758. The van der Waals surface area contributed by atoms with Crippen molar-refractivity contribution in [2.75, 3.05) is 18.5 Å². The normalized spacial score (nSPS) is 16.0. The van der Waals surface area contributed by atoms with Gasteiger partial charge in [-0.25, -0.2) is 13.5 Å². The first-order chi connectivity index (χ1) is 14.0. The number of aromatic nitrogens is 2. The summed E-state index contributed by atoms with van der Waals surface area (Å²) in [6, 6.07) is 10.2. The van der Waals surface area contributed by atoms with Gasteiger partial charge in [0.15, 0.2) is 5.82 Å². The number of carbonyl (C=O) groups is 1. The summed E-state index contributed by atoms with van der Waals surface area (Å²) in [6.07, 6.45) is 2.26. The van der Waals surface area contributed by atoms with E-state index in [2.05, 4.69) is 10.4 Å². The number of amides is 1. The third-order valence-corrected chi connectivity index (χ3v) is 4.70. The molecule has 1 N–H and O–H groups in total. The highest BCUT2D eigenvalue weighted by molar-refractivity contribution is 6.05. The van der Waals surface area contributed by atoms with Crippen LogP contribution in [-0.2, 0) is 4.74 Å². The SMILES string of the molecule is Cc1c(C(=O)Nc2ccc(O[C@@H]3CCOC3)cc2)cnn1-c1ccc(F)cc1F. The molecule has 1 aromatic heterocycles. The number of halogens is 2. The third kappa shape index (κ3) is 4.12. The molecule has 3 aromatic rings. The van der Waals surface area contributed by atoms with Crippen molar-refractivity contribution in [1.82, 2.24) is 9.78 Å². The summed E-state index contributed by atoms with van der Waals surface area (Å²) in [4.78, 5) is 12.6. The zero-order valence-electron chi connectivity index (χ0n) is 15.7. The maximum atomic E-state index is 14.0. The molecule has 0 spiro atoms. The smallest absolute Gasteiger partial charge is 0.259 e. The standard InChI is InChI=1S/C21H19F2N3O3/c1-13-18(11-24-26(13)20-7-2-14(22)10-19(20)23)21(27)25-15-3-5-16(6-4-15)29-17-8-9-28-12-17/h2-7,10-11,17H,8-9,12H2,1H3,(H,25,27)/t17-/m1/s1. The van der Waals surface area contributed by atoms with Crippen molar-refractivity contribution in [3.8, 4) is 11.4 Å². The molecule has 1 amide bonds. The lowest BCUT2D eigenvalue weighted by atomic mass is 10.2. The van der Waals surface area contributed by atoms with Gasteiger partial charge in [0.2, 0.25) is 0 Å². The molecule has 29 heavy (non-hydrogen) atoms. The highest BCUT2D eigenvalue weighted by atomic mass is 19.1. The molecule has 2 heterocycles. The van der Waals surface area contributed by atoms with E-state index in [9.17, 15) is 13.6 Å². The second-order valence-electron chi connectivity index (χ2n) is 6.73. The maximum absolute atomic E-state index is 14.0. The highest BCUT2D eigenvalue weighted by Crippen LogP contribution is 2.22. The molecular weight excluding hydrogens is 380 g/mol. The lowest BCUT2D eigenvalue weighted by Gasteiger charge is -2.12. The van der Waals surface area contributed by atoms with Crippen LogP contribution in [0.25, 0.3) is 5.69 Å². The van der Waals surface area contributed by atoms with E-state index in [-0.39, 0.29) is 23.3 Å². The Bertz CT molecular complexity index is 1030. The molecule has 6 nitrogen and oxygen atoms in total. The average molecular weight is 399 g/mol. The van der Waals surface area contributed by atoms with Gasteiger partial charge in [-0.3, -0.25) is 4.79 Å². The number of hydrogen-bond donors (Lipinski definition) is 1. The highest BCUT2D eigenvalue weighted by Gasteiger charge is 2.19. The van der Waals surface area contributed by atoms with Crippen LogP contribution in [0.2, 0.25) is 0 Å². The molecule has 0 aliphatic carbocycles. The Morgan fingerprint density at radius 1 is 1.24 bits per heavy atom. The van der Waals surface area contributed by atoms with E-state index in [4.69, 9.17) is 9.47 Å². The second-order valence-corrected chi connectivity index (χ2v) is 6.73. The number of nitrogens with one attached hydrogen (secondary N) is 1. The van der Waals surface area contributed by atoms with Gasteiger partial charge in [-0.05, 0) is 43.3 Å². The van der Waals surface area contributed by atoms with E-state index in [0.29, 0.717) is 30.3 Å². The van der Waals surface area contributed by atoms with E-state index in [0.717, 1.165) is 18.6 Å². The molecule has 0 unspecified atom stereocenters. The molecule has 1 aliphatic rings. The largest absolute Gasteiger partial charge is 0.488 e. The van der Waals surface area contributed by atoms with Crippen LogP contribution in [0.4, 0.5) is 14.5 Å². The van der Waals surface area contributed by atoms with Crippen molar-refractivity contribution in [3.63, 3.8) is 0 Å². The summed E-state index contributed by atoms with van der Waals surface area (Å²) >= 11 is 0. The number of anilines is 1. The number of hydrogen-bond acceptors (Lipinski definition) is 4. The number of nitrogens with zero attached hydrogens (tertiary/aromatic N) is 2. The van der Waals surface area contributed by atoms with Gasteiger partial charge in [0.05, 0.1) is 30.7 Å². The third-order valence-electron chi connectivity index (χ3n) is 4.70. The fourth-order valence-corrected chi connectivity index (χ4v) is 3.14. The predicted octanol–water partition coefficient (Wildman–Crippen LogP) is 3.88. The van der Waals surface area contributed by atoms with Crippen LogP contribution in [0, 0.1) is 18.6 Å². The Labute approximate surface area is 166 Å². The molecular formula is C21H19F2N3O3. The molecule has 1 aliphatic heterocycles. The first-order valence-corrected chi connectivity index (χ1v) is 9.17. The molecule has 0 saturated carbocycles. The molecule has 1 atom stereocenters. The summed E-state index contributed by atoms with van der Waals surface area (Å²) in [5, 5.41) is 6.85. The Hall–Kier alpha value is -3.26. The number of carbonyl (C=O) groups excluding carboxylic acids is 1. The molecule has 2 aromatic carbocycles. The quantitative estimate of drug-likeness (QED) is 0.707. The number of rotatable bonds is 5. The van der Waals surface area contributed by atoms with E-state index in [1.54, 1.807) is 31.2 Å². The summed E-state index contributed by atoms with van der Waals surface area (Å²) in [7, 11) is 0. The van der Waals surface area contributed by atoms with E-state index >= 15 is 0 Å². The first-order valence-electron chi connectivity index (χ1n) is 9.17. The van der Waals surface area contributed by atoms with Crippen molar-refractivity contribution in [2.45, 2.75) is 19.4 Å². The maximum Gasteiger partial charge on any atom is 0.259 e. The van der Waals surface area contributed by atoms with Crippen molar-refractivity contribution < 1.29 is 23.0 Å². The Balaban J connectivity index is 1.46. The van der Waals surface area contributed by atoms with Gasteiger partial charge in [-0.2, -0.15) is 5.10 Å². The Morgan fingerprint density at radius 3 is 2.72 bits per heavy atom. The van der Waals surface area contributed by atoms with Gasteiger partial charge in [-0.15, -0.1) is 0 Å². The van der Waals surface area contributed by atoms with Crippen LogP contribution < -0.4 is 10.1 Å². The van der Waals surface area contributed by atoms with Crippen LogP contribution in [0.15, 0.2) is 48.7 Å². The zero-order chi connectivity index (χ0) is 20.4. The summed E-state index contributed by atoms with van der Waals surface area (Å²) in [5.41, 5.74) is 1.39. The second kappa shape index (κ2) is 8.00. The number of benzene rings is 2. The van der Waals surface area contributed by atoms with Gasteiger partial charge in [0.1, 0.15) is 23.4 Å². The van der Waals surface area contributed by atoms with E-state index in [1.807, 2.05) is 0 Å². The minimum Gasteiger partial charge on any atom is -0.488 e.